The standard InChI is InChI=1S/C16H24N2O3/c1-5-21-15-8-6-14(7-9-15)18(13(4)19)11-10-16(20)17-12(2)3/h6-9,12H,5,10-11H2,1-4H3,(H,17,20). The van der Waals surface area contributed by atoms with Gasteiger partial charge in [-0.05, 0) is 45.0 Å². The van der Waals surface area contributed by atoms with E-state index < -0.39 is 0 Å². The second kappa shape index (κ2) is 8.29. The minimum atomic E-state index is -0.0866. The lowest BCUT2D eigenvalue weighted by Gasteiger charge is -2.21. The predicted octanol–water partition coefficient (Wildman–Crippen LogP) is 2.35. The zero-order chi connectivity index (χ0) is 15.8. The van der Waals surface area contributed by atoms with Crippen molar-refractivity contribution in [3.8, 4) is 5.75 Å². The van der Waals surface area contributed by atoms with Crippen molar-refractivity contribution in [3.05, 3.63) is 24.3 Å². The minimum absolute atomic E-state index is 0.0535. The van der Waals surface area contributed by atoms with Crippen LogP contribution < -0.4 is 15.0 Å². The molecule has 2 amide bonds. The summed E-state index contributed by atoms with van der Waals surface area (Å²) in [6, 6.07) is 7.40. The quantitative estimate of drug-likeness (QED) is 0.839. The van der Waals surface area contributed by atoms with Crippen LogP contribution in [0.4, 0.5) is 5.69 Å². The number of hydrogen-bond acceptors (Lipinski definition) is 3. The molecule has 0 aliphatic heterocycles. The molecule has 0 saturated heterocycles. The molecule has 0 unspecified atom stereocenters. The first-order valence-corrected chi connectivity index (χ1v) is 7.24. The van der Waals surface area contributed by atoms with E-state index in [9.17, 15) is 9.59 Å². The maximum absolute atomic E-state index is 11.8. The molecule has 0 aromatic heterocycles. The fraction of sp³-hybridized carbons (Fsp3) is 0.500. The predicted molar refractivity (Wildman–Crippen MR) is 83.5 cm³/mol. The molecule has 0 aliphatic rings. The van der Waals surface area contributed by atoms with Crippen LogP contribution in [0.25, 0.3) is 0 Å². The Hall–Kier alpha value is -2.04. The van der Waals surface area contributed by atoms with Gasteiger partial charge in [0.2, 0.25) is 11.8 Å². The van der Waals surface area contributed by atoms with Gasteiger partial charge in [-0.3, -0.25) is 9.59 Å². The second-order valence-corrected chi connectivity index (χ2v) is 5.07. The Bertz CT molecular complexity index is 469. The zero-order valence-corrected chi connectivity index (χ0v) is 13.2. The van der Waals surface area contributed by atoms with Crippen LogP contribution in [-0.2, 0) is 9.59 Å². The van der Waals surface area contributed by atoms with Crippen molar-refractivity contribution in [1.29, 1.82) is 0 Å². The first-order chi connectivity index (χ1) is 9.93. The molecule has 0 saturated carbocycles. The Morgan fingerprint density at radius 3 is 2.33 bits per heavy atom. The molecule has 1 aromatic carbocycles. The van der Waals surface area contributed by atoms with Crippen molar-refractivity contribution < 1.29 is 14.3 Å². The van der Waals surface area contributed by atoms with Gasteiger partial charge >= 0.3 is 0 Å². The average molecular weight is 292 g/mol. The molecule has 1 N–H and O–H groups in total. The van der Waals surface area contributed by atoms with Crippen LogP contribution in [0.15, 0.2) is 24.3 Å². The van der Waals surface area contributed by atoms with Gasteiger partial charge in [-0.25, -0.2) is 0 Å². The highest BCUT2D eigenvalue weighted by atomic mass is 16.5. The number of carbonyl (C=O) groups is 2. The summed E-state index contributed by atoms with van der Waals surface area (Å²) in [7, 11) is 0. The minimum Gasteiger partial charge on any atom is -0.494 e. The molecule has 0 fully saturated rings. The van der Waals surface area contributed by atoms with Crippen LogP contribution in [0.2, 0.25) is 0 Å². The summed E-state index contributed by atoms with van der Waals surface area (Å²) in [5.74, 6) is 0.626. The second-order valence-electron chi connectivity index (χ2n) is 5.07. The molecule has 5 heteroatoms. The number of benzene rings is 1. The smallest absolute Gasteiger partial charge is 0.223 e. The number of amides is 2. The number of ether oxygens (including phenoxy) is 1. The van der Waals surface area contributed by atoms with E-state index in [1.165, 1.54) is 6.92 Å². The van der Waals surface area contributed by atoms with Crippen LogP contribution in [0, 0.1) is 0 Å². The van der Waals surface area contributed by atoms with Crippen LogP contribution in [-0.4, -0.2) is 31.0 Å². The van der Waals surface area contributed by atoms with Crippen LogP contribution in [0.5, 0.6) is 5.75 Å². The number of carbonyl (C=O) groups excluding carboxylic acids is 2. The first-order valence-electron chi connectivity index (χ1n) is 7.24. The fourth-order valence-electron chi connectivity index (χ4n) is 1.96. The van der Waals surface area contributed by atoms with E-state index in [1.807, 2.05) is 45.0 Å². The highest BCUT2D eigenvalue weighted by Gasteiger charge is 2.13. The van der Waals surface area contributed by atoms with Gasteiger partial charge in [0.25, 0.3) is 0 Å². The molecule has 0 aliphatic carbocycles. The van der Waals surface area contributed by atoms with E-state index in [0.29, 0.717) is 13.2 Å². The molecule has 0 spiro atoms. The van der Waals surface area contributed by atoms with Gasteiger partial charge < -0.3 is 15.0 Å². The Labute approximate surface area is 126 Å². The topological polar surface area (TPSA) is 58.6 Å². The maximum Gasteiger partial charge on any atom is 0.223 e. The lowest BCUT2D eigenvalue weighted by atomic mass is 10.2. The van der Waals surface area contributed by atoms with Gasteiger partial charge in [0.1, 0.15) is 5.75 Å². The third-order valence-corrected chi connectivity index (χ3v) is 2.85. The van der Waals surface area contributed by atoms with Gasteiger partial charge in [-0.2, -0.15) is 0 Å². The van der Waals surface area contributed by atoms with Crippen molar-refractivity contribution in [2.24, 2.45) is 0 Å². The van der Waals surface area contributed by atoms with Crippen molar-refractivity contribution in [3.63, 3.8) is 0 Å². The first kappa shape index (κ1) is 17.0. The van der Waals surface area contributed by atoms with Gasteiger partial charge in [-0.15, -0.1) is 0 Å². The molecule has 1 aromatic rings. The number of nitrogens with zero attached hydrogens (tertiary/aromatic N) is 1. The van der Waals surface area contributed by atoms with Crippen molar-refractivity contribution in [2.45, 2.75) is 40.2 Å². The van der Waals surface area contributed by atoms with Gasteiger partial charge in [-0.1, -0.05) is 0 Å². The van der Waals surface area contributed by atoms with Crippen molar-refractivity contribution >= 4 is 17.5 Å². The summed E-state index contributed by atoms with van der Waals surface area (Å²) in [4.78, 5) is 25.0. The molecular formula is C16H24N2O3. The van der Waals surface area contributed by atoms with Crippen LogP contribution >= 0.6 is 0 Å². The van der Waals surface area contributed by atoms with E-state index in [0.717, 1.165) is 11.4 Å². The highest BCUT2D eigenvalue weighted by Crippen LogP contribution is 2.20. The summed E-state index contributed by atoms with van der Waals surface area (Å²) in [6.45, 7) is 8.20. The molecule has 0 heterocycles. The zero-order valence-electron chi connectivity index (χ0n) is 13.2. The van der Waals surface area contributed by atoms with Crippen molar-refractivity contribution in [2.75, 3.05) is 18.1 Å². The molecule has 5 nitrogen and oxygen atoms in total. The van der Waals surface area contributed by atoms with Crippen LogP contribution in [0.3, 0.4) is 0 Å². The summed E-state index contributed by atoms with van der Waals surface area (Å²) < 4.78 is 5.38. The number of nitrogens with one attached hydrogen (secondary N) is 1. The number of rotatable bonds is 7. The Morgan fingerprint density at radius 1 is 1.24 bits per heavy atom. The lowest BCUT2D eigenvalue weighted by molar-refractivity contribution is -0.121. The Kier molecular flexibility index (Phi) is 6.72. The SMILES string of the molecule is CCOc1ccc(N(CCC(=O)NC(C)C)C(C)=O)cc1. The van der Waals surface area contributed by atoms with Gasteiger partial charge in [0.05, 0.1) is 6.61 Å². The molecular weight excluding hydrogens is 268 g/mol. The summed E-state index contributed by atoms with van der Waals surface area (Å²) >= 11 is 0. The lowest BCUT2D eigenvalue weighted by Crippen LogP contribution is -2.36. The summed E-state index contributed by atoms with van der Waals surface area (Å²) in [5, 5.41) is 2.82. The number of anilines is 1. The molecule has 0 atom stereocenters. The highest BCUT2D eigenvalue weighted by molar-refractivity contribution is 5.92. The third-order valence-electron chi connectivity index (χ3n) is 2.85. The number of hydrogen-bond donors (Lipinski definition) is 1. The van der Waals surface area contributed by atoms with E-state index in [4.69, 9.17) is 4.74 Å². The third kappa shape index (κ3) is 5.85. The van der Waals surface area contributed by atoms with E-state index >= 15 is 0 Å². The largest absolute Gasteiger partial charge is 0.494 e. The molecule has 0 radical (unpaired) electrons. The van der Waals surface area contributed by atoms with E-state index in [2.05, 4.69) is 5.32 Å². The molecule has 1 rings (SSSR count). The summed E-state index contributed by atoms with van der Waals surface area (Å²) in [5.41, 5.74) is 0.767. The fourth-order valence-corrected chi connectivity index (χ4v) is 1.96. The normalized spacial score (nSPS) is 10.3. The van der Waals surface area contributed by atoms with E-state index in [-0.39, 0.29) is 24.3 Å². The molecule has 21 heavy (non-hydrogen) atoms. The van der Waals surface area contributed by atoms with Crippen molar-refractivity contribution in [1.82, 2.24) is 5.32 Å². The Balaban J connectivity index is 2.68. The monoisotopic (exact) mass is 292 g/mol. The van der Waals surface area contributed by atoms with Crippen LogP contribution in [0.1, 0.15) is 34.1 Å². The molecule has 116 valence electrons. The maximum atomic E-state index is 11.8. The molecule has 0 bridgehead atoms. The van der Waals surface area contributed by atoms with Gasteiger partial charge in [0, 0.05) is 31.6 Å². The van der Waals surface area contributed by atoms with Gasteiger partial charge in [0.15, 0.2) is 0 Å². The van der Waals surface area contributed by atoms with E-state index in [1.54, 1.807) is 4.90 Å². The Morgan fingerprint density at radius 2 is 1.86 bits per heavy atom. The average Bonchev–Trinajstić information content (AvgIpc) is 2.40. The summed E-state index contributed by atoms with van der Waals surface area (Å²) in [6.07, 6.45) is 0.283.